The molecular formula is C14H11F2N3O2. The number of nitrogens with two attached hydrogens (primary N) is 1. The lowest BCUT2D eigenvalue weighted by atomic mass is 10.2. The highest BCUT2D eigenvalue weighted by atomic mass is 19.1. The summed E-state index contributed by atoms with van der Waals surface area (Å²) in [5.74, 6) is -2.22. The fourth-order valence-corrected chi connectivity index (χ4v) is 1.67. The van der Waals surface area contributed by atoms with E-state index in [2.05, 4.69) is 10.6 Å². The Morgan fingerprint density at radius 2 is 1.76 bits per heavy atom. The lowest BCUT2D eigenvalue weighted by molar-refractivity contribution is 0.102. The molecule has 0 aliphatic carbocycles. The molecule has 3 amide bonds. The summed E-state index contributed by atoms with van der Waals surface area (Å²) in [6, 6.07) is 7.97. The van der Waals surface area contributed by atoms with Crippen molar-refractivity contribution in [3.05, 3.63) is 59.7 Å². The highest BCUT2D eigenvalue weighted by Gasteiger charge is 2.10. The van der Waals surface area contributed by atoms with Crippen LogP contribution in [-0.2, 0) is 0 Å². The fourth-order valence-electron chi connectivity index (χ4n) is 1.67. The molecule has 2 aromatic rings. The second-order valence-corrected chi connectivity index (χ2v) is 4.15. The molecular weight excluding hydrogens is 280 g/mol. The van der Waals surface area contributed by atoms with Crippen LogP contribution in [0.25, 0.3) is 0 Å². The Balaban J connectivity index is 2.18. The maximum absolute atomic E-state index is 13.4. The number of amides is 3. The van der Waals surface area contributed by atoms with Gasteiger partial charge in [-0.15, -0.1) is 0 Å². The van der Waals surface area contributed by atoms with Gasteiger partial charge >= 0.3 is 6.03 Å². The molecule has 0 heterocycles. The first-order valence-corrected chi connectivity index (χ1v) is 5.88. The molecule has 2 rings (SSSR count). The summed E-state index contributed by atoms with van der Waals surface area (Å²) in [5, 5.41) is 4.63. The molecule has 0 fully saturated rings. The van der Waals surface area contributed by atoms with E-state index < -0.39 is 23.6 Å². The zero-order chi connectivity index (χ0) is 15.4. The van der Waals surface area contributed by atoms with Crippen molar-refractivity contribution in [3.8, 4) is 0 Å². The SMILES string of the molecule is NC(=O)Nc1cccc(C(=O)Nc2ccc(F)cc2F)c1. The van der Waals surface area contributed by atoms with Crippen molar-refractivity contribution >= 4 is 23.3 Å². The number of urea groups is 1. The van der Waals surface area contributed by atoms with Gasteiger partial charge < -0.3 is 16.4 Å². The second-order valence-electron chi connectivity index (χ2n) is 4.15. The molecule has 7 heteroatoms. The molecule has 0 saturated heterocycles. The number of carbonyl (C=O) groups is 2. The summed E-state index contributed by atoms with van der Waals surface area (Å²) >= 11 is 0. The minimum Gasteiger partial charge on any atom is -0.351 e. The van der Waals surface area contributed by atoms with E-state index in [9.17, 15) is 18.4 Å². The van der Waals surface area contributed by atoms with Gasteiger partial charge in [0.25, 0.3) is 5.91 Å². The van der Waals surface area contributed by atoms with Gasteiger partial charge in [-0.05, 0) is 30.3 Å². The van der Waals surface area contributed by atoms with Crippen LogP contribution in [0, 0.1) is 11.6 Å². The molecule has 2 aromatic carbocycles. The molecule has 0 aromatic heterocycles. The molecule has 0 spiro atoms. The van der Waals surface area contributed by atoms with Crippen molar-refractivity contribution in [2.45, 2.75) is 0 Å². The first-order chi connectivity index (χ1) is 9.95. The largest absolute Gasteiger partial charge is 0.351 e. The number of hydrogen-bond donors (Lipinski definition) is 3. The van der Waals surface area contributed by atoms with Gasteiger partial charge in [0.05, 0.1) is 5.69 Å². The highest BCUT2D eigenvalue weighted by molar-refractivity contribution is 6.05. The highest BCUT2D eigenvalue weighted by Crippen LogP contribution is 2.17. The molecule has 0 aliphatic rings. The zero-order valence-electron chi connectivity index (χ0n) is 10.7. The van der Waals surface area contributed by atoms with Crippen LogP contribution in [0.5, 0.6) is 0 Å². The van der Waals surface area contributed by atoms with Crippen molar-refractivity contribution in [3.63, 3.8) is 0 Å². The van der Waals surface area contributed by atoms with Crippen LogP contribution in [0.4, 0.5) is 25.0 Å². The monoisotopic (exact) mass is 291 g/mol. The number of primary amides is 1. The average molecular weight is 291 g/mol. The van der Waals surface area contributed by atoms with Gasteiger partial charge in [-0.25, -0.2) is 13.6 Å². The third-order valence-corrected chi connectivity index (χ3v) is 2.57. The Bertz CT molecular complexity index is 704. The first-order valence-electron chi connectivity index (χ1n) is 5.88. The van der Waals surface area contributed by atoms with Gasteiger partial charge in [-0.3, -0.25) is 4.79 Å². The maximum atomic E-state index is 13.4. The van der Waals surface area contributed by atoms with Gasteiger partial charge in [0.15, 0.2) is 0 Å². The van der Waals surface area contributed by atoms with Crippen molar-refractivity contribution in [2.75, 3.05) is 10.6 Å². The van der Waals surface area contributed by atoms with Gasteiger partial charge in [0.2, 0.25) is 0 Å². The van der Waals surface area contributed by atoms with Crippen molar-refractivity contribution in [1.29, 1.82) is 0 Å². The Morgan fingerprint density at radius 3 is 2.43 bits per heavy atom. The van der Waals surface area contributed by atoms with Crippen molar-refractivity contribution in [1.82, 2.24) is 0 Å². The van der Waals surface area contributed by atoms with E-state index in [1.807, 2.05) is 0 Å². The summed E-state index contributed by atoms with van der Waals surface area (Å²) in [4.78, 5) is 22.7. The first kappa shape index (κ1) is 14.4. The van der Waals surface area contributed by atoms with Crippen LogP contribution < -0.4 is 16.4 Å². The molecule has 108 valence electrons. The summed E-state index contributed by atoms with van der Waals surface area (Å²) in [6.45, 7) is 0. The lowest BCUT2D eigenvalue weighted by Gasteiger charge is -2.08. The van der Waals surface area contributed by atoms with E-state index in [1.165, 1.54) is 18.2 Å². The van der Waals surface area contributed by atoms with Gasteiger partial charge in [0, 0.05) is 17.3 Å². The molecule has 4 N–H and O–H groups in total. The quantitative estimate of drug-likeness (QED) is 0.812. The number of hydrogen-bond acceptors (Lipinski definition) is 2. The Kier molecular flexibility index (Phi) is 4.13. The van der Waals surface area contributed by atoms with Gasteiger partial charge in [-0.1, -0.05) is 6.07 Å². The Morgan fingerprint density at radius 1 is 1.00 bits per heavy atom. The van der Waals surface area contributed by atoms with Gasteiger partial charge in [0.1, 0.15) is 11.6 Å². The number of carbonyl (C=O) groups excluding carboxylic acids is 2. The zero-order valence-corrected chi connectivity index (χ0v) is 10.7. The van der Waals surface area contributed by atoms with E-state index in [4.69, 9.17) is 5.73 Å². The number of rotatable bonds is 3. The summed E-state index contributed by atoms with van der Waals surface area (Å²) < 4.78 is 26.2. The minimum atomic E-state index is -0.880. The molecule has 21 heavy (non-hydrogen) atoms. The Labute approximate surface area is 118 Å². The van der Waals surface area contributed by atoms with Crippen LogP contribution in [0.2, 0.25) is 0 Å². The third-order valence-electron chi connectivity index (χ3n) is 2.57. The molecule has 0 unspecified atom stereocenters. The maximum Gasteiger partial charge on any atom is 0.316 e. The Hall–Kier alpha value is -2.96. The minimum absolute atomic E-state index is 0.144. The van der Waals surface area contributed by atoms with E-state index in [0.29, 0.717) is 11.8 Å². The predicted molar refractivity (Wildman–Crippen MR) is 74.0 cm³/mol. The number of nitrogens with one attached hydrogen (secondary N) is 2. The average Bonchev–Trinajstić information content (AvgIpc) is 2.41. The van der Waals surface area contributed by atoms with Gasteiger partial charge in [-0.2, -0.15) is 0 Å². The van der Waals surface area contributed by atoms with E-state index in [0.717, 1.165) is 12.1 Å². The number of benzene rings is 2. The fraction of sp³-hybridized carbons (Fsp3) is 0. The topological polar surface area (TPSA) is 84.2 Å². The van der Waals surface area contributed by atoms with Crippen LogP contribution in [0.15, 0.2) is 42.5 Å². The van der Waals surface area contributed by atoms with Crippen LogP contribution >= 0.6 is 0 Å². The van der Waals surface area contributed by atoms with E-state index in [-0.39, 0.29) is 11.3 Å². The molecule has 0 aliphatic heterocycles. The second kappa shape index (κ2) is 6.00. The smallest absolute Gasteiger partial charge is 0.316 e. The van der Waals surface area contributed by atoms with Crippen LogP contribution in [0.1, 0.15) is 10.4 Å². The summed E-state index contributed by atoms with van der Waals surface area (Å²) in [5.41, 5.74) is 5.34. The molecule has 0 atom stereocenters. The molecule has 0 bridgehead atoms. The molecule has 5 nitrogen and oxygen atoms in total. The number of halogens is 2. The normalized spacial score (nSPS) is 10.0. The standard InChI is InChI=1S/C14H11F2N3O2/c15-9-4-5-12(11(16)7-9)19-13(20)8-2-1-3-10(6-8)18-14(17)21/h1-7H,(H,19,20)(H3,17,18,21). The number of anilines is 2. The van der Waals surface area contributed by atoms with Crippen LogP contribution in [-0.4, -0.2) is 11.9 Å². The lowest BCUT2D eigenvalue weighted by Crippen LogP contribution is -2.20. The van der Waals surface area contributed by atoms with Crippen LogP contribution in [0.3, 0.4) is 0 Å². The summed E-state index contributed by atoms with van der Waals surface area (Å²) in [7, 11) is 0. The van der Waals surface area contributed by atoms with E-state index >= 15 is 0 Å². The van der Waals surface area contributed by atoms with Crippen molar-refractivity contribution < 1.29 is 18.4 Å². The van der Waals surface area contributed by atoms with Crippen molar-refractivity contribution in [2.24, 2.45) is 5.73 Å². The predicted octanol–water partition coefficient (Wildman–Crippen LogP) is 2.71. The third kappa shape index (κ3) is 3.75. The van der Waals surface area contributed by atoms with E-state index in [1.54, 1.807) is 6.07 Å². The summed E-state index contributed by atoms with van der Waals surface area (Å²) in [6.07, 6.45) is 0. The molecule has 0 saturated carbocycles. The molecule has 0 radical (unpaired) electrons.